The summed E-state index contributed by atoms with van der Waals surface area (Å²) in [6.45, 7) is 0. The van der Waals surface area contributed by atoms with Gasteiger partial charge in [-0.2, -0.15) is 0 Å². The van der Waals surface area contributed by atoms with E-state index in [4.69, 9.17) is 0 Å². The summed E-state index contributed by atoms with van der Waals surface area (Å²) < 4.78 is 0. The maximum Gasteiger partial charge on any atom is 0.338 e. The van der Waals surface area contributed by atoms with Crippen molar-refractivity contribution in [3.8, 4) is 0 Å². The molecule has 5 heterocycles. The summed E-state index contributed by atoms with van der Waals surface area (Å²) in [6, 6.07) is 10.6. The van der Waals surface area contributed by atoms with Gasteiger partial charge in [0.05, 0.1) is 44.9 Å². The topological polar surface area (TPSA) is 132 Å². The zero-order chi connectivity index (χ0) is 20.8. The SMILES string of the molecule is O=C(O)c1c(C(=O)O)c2cc3nc(cc4ccc(cc5nc(cc1[nH]2)C=C5)[nH]4)C=C3. The van der Waals surface area contributed by atoms with E-state index in [-0.39, 0.29) is 22.2 Å². The molecule has 8 bridgehead atoms. The number of aromatic nitrogens is 4. The Labute approximate surface area is 168 Å². The van der Waals surface area contributed by atoms with Gasteiger partial charge < -0.3 is 20.2 Å². The Morgan fingerprint density at radius 2 is 1.03 bits per heavy atom. The first-order chi connectivity index (χ1) is 14.5. The number of carbonyl (C=O) groups is 2. The van der Waals surface area contributed by atoms with E-state index in [2.05, 4.69) is 19.9 Å². The van der Waals surface area contributed by atoms with Crippen LogP contribution in [-0.4, -0.2) is 42.1 Å². The first-order valence-electron chi connectivity index (χ1n) is 9.04. The molecule has 8 nitrogen and oxygen atoms in total. The quantitative estimate of drug-likeness (QED) is 0.355. The zero-order valence-corrected chi connectivity index (χ0v) is 15.4. The lowest BCUT2D eigenvalue weighted by atomic mass is 10.1. The van der Waals surface area contributed by atoms with E-state index in [1.165, 1.54) is 12.1 Å². The third kappa shape index (κ3) is 3.06. The van der Waals surface area contributed by atoms with Gasteiger partial charge in [-0.1, -0.05) is 0 Å². The van der Waals surface area contributed by atoms with Crippen LogP contribution in [0, 0.1) is 0 Å². The largest absolute Gasteiger partial charge is 0.478 e. The zero-order valence-electron chi connectivity index (χ0n) is 15.4. The van der Waals surface area contributed by atoms with Gasteiger partial charge in [0.15, 0.2) is 0 Å². The first-order valence-corrected chi connectivity index (χ1v) is 9.04. The third-order valence-corrected chi connectivity index (χ3v) is 4.77. The van der Waals surface area contributed by atoms with E-state index < -0.39 is 11.9 Å². The summed E-state index contributed by atoms with van der Waals surface area (Å²) in [5.41, 5.74) is 3.77. The molecule has 0 radical (unpaired) electrons. The van der Waals surface area contributed by atoms with Crippen LogP contribution in [0.5, 0.6) is 0 Å². The van der Waals surface area contributed by atoms with Gasteiger partial charge in [0.25, 0.3) is 0 Å². The molecule has 30 heavy (non-hydrogen) atoms. The second-order valence-corrected chi connectivity index (χ2v) is 6.85. The van der Waals surface area contributed by atoms with E-state index in [0.29, 0.717) is 22.8 Å². The second-order valence-electron chi connectivity index (χ2n) is 6.85. The van der Waals surface area contributed by atoms with Gasteiger partial charge in [-0.25, -0.2) is 19.6 Å². The molecule has 146 valence electrons. The molecule has 0 fully saturated rings. The number of fused-ring (bicyclic) bond motifs is 8. The monoisotopic (exact) mass is 398 g/mol. The Morgan fingerprint density at radius 1 is 0.633 bits per heavy atom. The van der Waals surface area contributed by atoms with Crippen LogP contribution in [0.15, 0.2) is 36.4 Å². The van der Waals surface area contributed by atoms with Gasteiger partial charge >= 0.3 is 11.9 Å². The maximum absolute atomic E-state index is 11.9. The summed E-state index contributed by atoms with van der Waals surface area (Å²) in [5.74, 6) is -2.68. The Morgan fingerprint density at radius 3 is 1.43 bits per heavy atom. The lowest BCUT2D eigenvalue weighted by Gasteiger charge is -1.94. The van der Waals surface area contributed by atoms with Crippen molar-refractivity contribution >= 4 is 58.3 Å². The fourth-order valence-electron chi connectivity index (χ4n) is 3.52. The molecule has 8 heteroatoms. The molecule has 0 aliphatic carbocycles. The van der Waals surface area contributed by atoms with Crippen molar-refractivity contribution in [3.05, 3.63) is 70.3 Å². The minimum atomic E-state index is -1.34. The first kappa shape index (κ1) is 17.6. The third-order valence-electron chi connectivity index (χ3n) is 4.77. The number of carboxylic acid groups (broad SMARTS) is 2. The maximum atomic E-state index is 11.9. The summed E-state index contributed by atoms with van der Waals surface area (Å²) in [4.78, 5) is 38.9. The lowest BCUT2D eigenvalue weighted by Crippen LogP contribution is -2.05. The Balaban J connectivity index is 1.94. The molecule has 0 saturated heterocycles. The average Bonchev–Trinajstić information content (AvgIpc) is 3.44. The molecule has 0 atom stereocenters. The molecular weight excluding hydrogens is 384 g/mol. The molecule has 0 amide bonds. The van der Waals surface area contributed by atoms with E-state index in [1.807, 2.05) is 24.3 Å². The average molecular weight is 398 g/mol. The molecular formula is C22H14N4O4. The predicted octanol–water partition coefficient (Wildman–Crippen LogP) is 4.05. The van der Waals surface area contributed by atoms with Crippen molar-refractivity contribution in [2.75, 3.05) is 0 Å². The summed E-state index contributed by atoms with van der Waals surface area (Å²) in [6.07, 6.45) is 7.07. The standard InChI is InChI=1S/C22H14N4O4/c27-21(28)19-17-9-15-5-3-13(24-15)7-11-1-2-12(23-11)8-14-4-6-16(25-14)10-18(26-17)20(19)22(29)30/h1-10,23,26H,(H,27,28)(H,29,30). The van der Waals surface area contributed by atoms with Gasteiger partial charge in [0, 0.05) is 11.0 Å². The minimum absolute atomic E-state index is 0.156. The summed E-state index contributed by atoms with van der Waals surface area (Å²) >= 11 is 0. The highest BCUT2D eigenvalue weighted by molar-refractivity contribution is 6.12. The number of nitrogens with zero attached hydrogens (tertiary/aromatic N) is 2. The summed E-state index contributed by atoms with van der Waals surface area (Å²) in [5, 5.41) is 19.4. The molecule has 3 aromatic heterocycles. The van der Waals surface area contributed by atoms with Gasteiger partial charge in [-0.05, 0) is 60.7 Å². The van der Waals surface area contributed by atoms with Crippen LogP contribution >= 0.6 is 0 Å². The number of hydrogen-bond acceptors (Lipinski definition) is 4. The molecule has 5 rings (SSSR count). The van der Waals surface area contributed by atoms with Crippen LogP contribution in [0.4, 0.5) is 0 Å². The fourth-order valence-corrected chi connectivity index (χ4v) is 3.52. The van der Waals surface area contributed by atoms with E-state index in [9.17, 15) is 19.8 Å². The molecule has 0 spiro atoms. The van der Waals surface area contributed by atoms with Crippen molar-refractivity contribution < 1.29 is 19.8 Å². The molecule has 2 aliphatic rings. The smallest absolute Gasteiger partial charge is 0.338 e. The number of rotatable bonds is 2. The highest BCUT2D eigenvalue weighted by Gasteiger charge is 2.23. The van der Waals surface area contributed by atoms with Crippen LogP contribution in [0.2, 0.25) is 0 Å². The lowest BCUT2D eigenvalue weighted by molar-refractivity contribution is 0.0655. The van der Waals surface area contributed by atoms with E-state index in [1.54, 1.807) is 24.3 Å². The molecule has 0 aromatic carbocycles. The van der Waals surface area contributed by atoms with Crippen LogP contribution in [0.1, 0.15) is 43.5 Å². The number of nitrogens with one attached hydrogen (secondary N) is 2. The van der Waals surface area contributed by atoms with Gasteiger partial charge in [0.1, 0.15) is 0 Å². The fraction of sp³-hybridized carbons (Fsp3) is 0. The molecule has 0 saturated carbocycles. The molecule has 4 N–H and O–H groups in total. The summed E-state index contributed by atoms with van der Waals surface area (Å²) in [7, 11) is 0. The van der Waals surface area contributed by atoms with Crippen molar-refractivity contribution in [3.63, 3.8) is 0 Å². The number of hydrogen-bond donors (Lipinski definition) is 4. The molecule has 2 aliphatic heterocycles. The van der Waals surface area contributed by atoms with Gasteiger partial charge in [-0.15, -0.1) is 0 Å². The number of H-pyrrole nitrogens is 2. The van der Waals surface area contributed by atoms with Crippen molar-refractivity contribution in [1.82, 2.24) is 19.9 Å². The van der Waals surface area contributed by atoms with Crippen molar-refractivity contribution in [1.29, 1.82) is 0 Å². The van der Waals surface area contributed by atoms with E-state index >= 15 is 0 Å². The second kappa shape index (κ2) is 6.56. The highest BCUT2D eigenvalue weighted by atomic mass is 16.4. The predicted molar refractivity (Wildman–Crippen MR) is 113 cm³/mol. The number of aromatic carboxylic acids is 2. The van der Waals surface area contributed by atoms with Crippen molar-refractivity contribution in [2.45, 2.75) is 0 Å². The van der Waals surface area contributed by atoms with Crippen LogP contribution < -0.4 is 0 Å². The van der Waals surface area contributed by atoms with E-state index in [0.717, 1.165) is 11.0 Å². The van der Waals surface area contributed by atoms with Crippen molar-refractivity contribution in [2.24, 2.45) is 0 Å². The normalized spacial score (nSPS) is 12.3. The van der Waals surface area contributed by atoms with Crippen LogP contribution in [0.25, 0.3) is 46.4 Å². The van der Waals surface area contributed by atoms with Gasteiger partial charge in [0.2, 0.25) is 0 Å². The Hall–Kier alpha value is -4.46. The van der Waals surface area contributed by atoms with Gasteiger partial charge in [-0.3, -0.25) is 0 Å². The number of aromatic amines is 2. The Bertz CT molecular complexity index is 1350. The van der Waals surface area contributed by atoms with Crippen LogP contribution in [-0.2, 0) is 0 Å². The highest BCUT2D eigenvalue weighted by Crippen LogP contribution is 2.24. The van der Waals surface area contributed by atoms with Crippen LogP contribution in [0.3, 0.4) is 0 Å². The Kier molecular flexibility index (Phi) is 3.85. The molecule has 0 unspecified atom stereocenters. The molecule has 3 aromatic rings. The minimum Gasteiger partial charge on any atom is -0.478 e. The number of carboxylic acids is 2.